The molecule has 0 aliphatic rings. The number of fused-ring (bicyclic) bond motifs is 1. The summed E-state index contributed by atoms with van der Waals surface area (Å²) in [6.45, 7) is 0.801. The number of hydrogen-bond acceptors (Lipinski definition) is 2. The molecule has 0 amide bonds. The molecule has 3 rings (SSSR count). The second-order valence-electron chi connectivity index (χ2n) is 4.17. The standard InChI is InChI=1S/C15H12NO2.BrH/c17-15-7-5-13-10-12(4-6-14(13)18-15)11-16-8-2-1-3-9-16;/h1-10H,11H2;1H/q+1;/p-1. The van der Waals surface area contributed by atoms with Gasteiger partial charge in [-0.1, -0.05) is 6.07 Å². The normalized spacial score (nSPS) is 10.1. The molecule has 0 saturated heterocycles. The summed E-state index contributed by atoms with van der Waals surface area (Å²) in [5.74, 6) is 0. The molecule has 0 N–H and O–H groups in total. The molecule has 0 radical (unpaired) electrons. The van der Waals surface area contributed by atoms with Crippen molar-refractivity contribution in [3.8, 4) is 0 Å². The van der Waals surface area contributed by atoms with E-state index < -0.39 is 0 Å². The molecule has 0 aliphatic carbocycles. The molecule has 0 spiro atoms. The number of benzene rings is 1. The molecular weight excluding hydrogens is 306 g/mol. The minimum atomic E-state index is -0.312. The van der Waals surface area contributed by atoms with Gasteiger partial charge in [0, 0.05) is 29.1 Å². The van der Waals surface area contributed by atoms with E-state index >= 15 is 0 Å². The zero-order valence-corrected chi connectivity index (χ0v) is 11.7. The SMILES string of the molecule is O=c1ccc2cc(C[n+]3ccccc3)ccc2o1.[Br-]. The molecule has 96 valence electrons. The Kier molecular flexibility index (Phi) is 4.12. The van der Waals surface area contributed by atoms with Crippen molar-refractivity contribution in [1.82, 2.24) is 0 Å². The lowest BCUT2D eigenvalue weighted by Gasteiger charge is -2.00. The highest BCUT2D eigenvalue weighted by atomic mass is 79.9. The summed E-state index contributed by atoms with van der Waals surface area (Å²) in [4.78, 5) is 11.1. The molecule has 0 fully saturated rings. The summed E-state index contributed by atoms with van der Waals surface area (Å²) in [7, 11) is 0. The van der Waals surface area contributed by atoms with Crippen LogP contribution in [0.2, 0.25) is 0 Å². The zero-order chi connectivity index (χ0) is 12.4. The molecule has 0 saturated carbocycles. The van der Waals surface area contributed by atoms with Crippen LogP contribution in [0.5, 0.6) is 0 Å². The Morgan fingerprint density at radius 1 is 1.00 bits per heavy atom. The molecular formula is C15H12BrNO2. The fraction of sp³-hybridized carbons (Fsp3) is 0.0667. The van der Waals surface area contributed by atoms with Crippen LogP contribution in [0, 0.1) is 0 Å². The number of nitrogens with zero attached hydrogens (tertiary/aromatic N) is 1. The second kappa shape index (κ2) is 5.80. The van der Waals surface area contributed by atoms with Crippen molar-refractivity contribution < 1.29 is 26.0 Å². The highest BCUT2D eigenvalue weighted by Gasteiger charge is 2.03. The summed E-state index contributed by atoms with van der Waals surface area (Å²) >= 11 is 0. The Hall–Kier alpha value is -1.94. The first-order valence-electron chi connectivity index (χ1n) is 5.78. The highest BCUT2D eigenvalue weighted by molar-refractivity contribution is 5.76. The van der Waals surface area contributed by atoms with Gasteiger partial charge in [0.15, 0.2) is 18.9 Å². The Labute approximate surface area is 120 Å². The van der Waals surface area contributed by atoms with Crippen LogP contribution in [0.15, 0.2) is 70.1 Å². The summed E-state index contributed by atoms with van der Waals surface area (Å²) in [6, 6.07) is 15.1. The van der Waals surface area contributed by atoms with Crippen molar-refractivity contribution in [3.63, 3.8) is 0 Å². The largest absolute Gasteiger partial charge is 1.00 e. The third-order valence-electron chi connectivity index (χ3n) is 2.83. The summed E-state index contributed by atoms with van der Waals surface area (Å²) in [5.41, 5.74) is 1.49. The quantitative estimate of drug-likeness (QED) is 0.455. The Balaban J connectivity index is 0.00000133. The molecule has 2 aromatic heterocycles. The molecule has 2 heterocycles. The molecule has 3 nitrogen and oxygen atoms in total. The van der Waals surface area contributed by atoms with E-state index in [0.717, 1.165) is 11.9 Å². The van der Waals surface area contributed by atoms with Gasteiger partial charge in [0.1, 0.15) is 5.58 Å². The van der Waals surface area contributed by atoms with E-state index in [2.05, 4.69) is 4.57 Å². The van der Waals surface area contributed by atoms with Crippen LogP contribution in [0.25, 0.3) is 11.0 Å². The van der Waals surface area contributed by atoms with E-state index in [4.69, 9.17) is 4.42 Å². The molecule has 3 aromatic rings. The fourth-order valence-electron chi connectivity index (χ4n) is 1.97. The average molecular weight is 318 g/mol. The fourth-order valence-corrected chi connectivity index (χ4v) is 1.97. The topological polar surface area (TPSA) is 34.1 Å². The predicted octanol–water partition coefficient (Wildman–Crippen LogP) is -0.867. The lowest BCUT2D eigenvalue weighted by molar-refractivity contribution is -0.688. The van der Waals surface area contributed by atoms with Crippen molar-refractivity contribution in [2.75, 3.05) is 0 Å². The lowest BCUT2D eigenvalue weighted by atomic mass is 10.1. The van der Waals surface area contributed by atoms with Gasteiger partial charge in [0.2, 0.25) is 0 Å². The van der Waals surface area contributed by atoms with E-state index in [1.54, 1.807) is 6.07 Å². The lowest BCUT2D eigenvalue weighted by Crippen LogP contribution is -3.00. The monoisotopic (exact) mass is 317 g/mol. The first-order valence-corrected chi connectivity index (χ1v) is 5.78. The van der Waals surface area contributed by atoms with Crippen molar-refractivity contribution in [3.05, 3.63) is 76.9 Å². The maximum Gasteiger partial charge on any atom is 0.336 e. The van der Waals surface area contributed by atoms with Crippen LogP contribution in [0.1, 0.15) is 5.56 Å². The molecule has 0 bridgehead atoms. The van der Waals surface area contributed by atoms with Crippen molar-refractivity contribution in [2.24, 2.45) is 0 Å². The first kappa shape index (κ1) is 13.5. The third kappa shape index (κ3) is 3.09. The number of hydrogen-bond donors (Lipinski definition) is 0. The average Bonchev–Trinajstić information content (AvgIpc) is 2.40. The zero-order valence-electron chi connectivity index (χ0n) is 10.1. The van der Waals surface area contributed by atoms with Crippen molar-refractivity contribution >= 4 is 11.0 Å². The molecule has 0 unspecified atom stereocenters. The van der Waals surface area contributed by atoms with Gasteiger partial charge < -0.3 is 21.4 Å². The van der Waals surface area contributed by atoms with Gasteiger partial charge in [0.25, 0.3) is 0 Å². The molecule has 19 heavy (non-hydrogen) atoms. The Morgan fingerprint density at radius 3 is 2.58 bits per heavy atom. The summed E-state index contributed by atoms with van der Waals surface area (Å²) in [5, 5.41) is 0.948. The van der Waals surface area contributed by atoms with Crippen LogP contribution in [0.3, 0.4) is 0 Å². The van der Waals surface area contributed by atoms with Crippen molar-refractivity contribution in [2.45, 2.75) is 6.54 Å². The maximum atomic E-state index is 11.1. The van der Waals surface area contributed by atoms with E-state index in [9.17, 15) is 4.79 Å². The first-order chi connectivity index (χ1) is 8.81. The maximum absolute atomic E-state index is 11.1. The van der Waals surface area contributed by atoms with Gasteiger partial charge in [-0.15, -0.1) is 0 Å². The number of aromatic nitrogens is 1. The molecule has 4 heteroatoms. The summed E-state index contributed by atoms with van der Waals surface area (Å²) in [6.07, 6.45) is 4.05. The van der Waals surface area contributed by atoms with Gasteiger partial charge in [-0.3, -0.25) is 0 Å². The van der Waals surface area contributed by atoms with Crippen LogP contribution in [-0.2, 0) is 6.54 Å². The van der Waals surface area contributed by atoms with E-state index in [-0.39, 0.29) is 22.6 Å². The minimum absolute atomic E-state index is 0. The van der Waals surface area contributed by atoms with Gasteiger partial charge in [0.05, 0.1) is 0 Å². The van der Waals surface area contributed by atoms with Crippen molar-refractivity contribution in [1.29, 1.82) is 0 Å². The van der Waals surface area contributed by atoms with E-state index in [1.807, 2.05) is 48.8 Å². The highest BCUT2D eigenvalue weighted by Crippen LogP contribution is 2.13. The van der Waals surface area contributed by atoms with Crippen LogP contribution >= 0.6 is 0 Å². The van der Waals surface area contributed by atoms with Gasteiger partial charge in [-0.25, -0.2) is 9.36 Å². The predicted molar refractivity (Wildman–Crippen MR) is 68.2 cm³/mol. The smallest absolute Gasteiger partial charge is 0.336 e. The van der Waals surface area contributed by atoms with Crippen LogP contribution in [0.4, 0.5) is 0 Å². The third-order valence-corrected chi connectivity index (χ3v) is 2.83. The molecule has 1 aromatic carbocycles. The van der Waals surface area contributed by atoms with Crippen LogP contribution in [-0.4, -0.2) is 0 Å². The van der Waals surface area contributed by atoms with Gasteiger partial charge in [-0.2, -0.15) is 0 Å². The van der Waals surface area contributed by atoms with Crippen LogP contribution < -0.4 is 27.2 Å². The van der Waals surface area contributed by atoms with E-state index in [0.29, 0.717) is 5.58 Å². The number of halogens is 1. The van der Waals surface area contributed by atoms with E-state index in [1.165, 1.54) is 11.6 Å². The van der Waals surface area contributed by atoms with Gasteiger partial charge >= 0.3 is 5.63 Å². The summed E-state index contributed by atoms with van der Waals surface area (Å²) < 4.78 is 7.20. The Morgan fingerprint density at radius 2 is 1.79 bits per heavy atom. The Bertz CT molecular complexity index is 738. The molecule has 0 atom stereocenters. The number of rotatable bonds is 2. The minimum Gasteiger partial charge on any atom is -1.00 e. The van der Waals surface area contributed by atoms with Gasteiger partial charge in [-0.05, 0) is 24.3 Å². The molecule has 0 aliphatic heterocycles. The number of pyridine rings is 1. The second-order valence-corrected chi connectivity index (χ2v) is 4.17.